The molecule has 0 saturated carbocycles. The van der Waals surface area contributed by atoms with Gasteiger partial charge in [0.25, 0.3) is 5.89 Å². The molecule has 0 amide bonds. The van der Waals surface area contributed by atoms with Crippen LogP contribution in [0.3, 0.4) is 0 Å². The zero-order valence-corrected chi connectivity index (χ0v) is 8.29. The van der Waals surface area contributed by atoms with Gasteiger partial charge in [-0.1, -0.05) is 25.9 Å². The summed E-state index contributed by atoms with van der Waals surface area (Å²) in [4.78, 5) is 3.52. The van der Waals surface area contributed by atoms with Crippen molar-refractivity contribution >= 4 is 0 Å². The van der Waals surface area contributed by atoms with Crippen molar-refractivity contribution in [1.82, 2.24) is 10.1 Å². The second kappa shape index (κ2) is 3.61. The van der Waals surface area contributed by atoms with Crippen molar-refractivity contribution in [3.8, 4) is 0 Å². The number of nitrogens with zero attached hydrogens (tertiary/aromatic N) is 2. The molecular formula is C8H13F2N3O. The summed E-state index contributed by atoms with van der Waals surface area (Å²) >= 11 is 0. The molecule has 1 aromatic heterocycles. The molecule has 0 aliphatic rings. The normalized spacial score (nSPS) is 14.8. The van der Waals surface area contributed by atoms with Gasteiger partial charge in [-0.25, -0.2) is 0 Å². The van der Waals surface area contributed by atoms with Crippen LogP contribution < -0.4 is 5.73 Å². The summed E-state index contributed by atoms with van der Waals surface area (Å²) in [6.07, 6.45) is -2.75. The van der Waals surface area contributed by atoms with Crippen LogP contribution in [0, 0.1) is 5.41 Å². The van der Waals surface area contributed by atoms with Gasteiger partial charge in [0.15, 0.2) is 5.82 Å². The number of halogens is 2. The van der Waals surface area contributed by atoms with Crippen LogP contribution in [0.25, 0.3) is 0 Å². The van der Waals surface area contributed by atoms with Gasteiger partial charge in [-0.2, -0.15) is 13.8 Å². The maximum Gasteiger partial charge on any atom is 0.315 e. The lowest BCUT2D eigenvalue weighted by atomic mass is 9.87. The van der Waals surface area contributed by atoms with Crippen LogP contribution in [0.5, 0.6) is 0 Å². The number of aromatic nitrogens is 2. The molecule has 1 unspecified atom stereocenters. The van der Waals surface area contributed by atoms with Gasteiger partial charge in [0.1, 0.15) is 0 Å². The summed E-state index contributed by atoms with van der Waals surface area (Å²) in [5, 5.41) is 3.41. The Hall–Kier alpha value is -1.04. The molecule has 1 aromatic rings. The average Bonchev–Trinajstić information content (AvgIpc) is 2.48. The Labute approximate surface area is 80.5 Å². The molecule has 0 radical (unpaired) electrons. The highest BCUT2D eigenvalue weighted by atomic mass is 19.3. The molecule has 0 aromatic carbocycles. The minimum Gasteiger partial charge on any atom is -0.333 e. The maximum absolute atomic E-state index is 12.1. The molecule has 0 aliphatic heterocycles. The molecule has 0 spiro atoms. The fourth-order valence-electron chi connectivity index (χ4n) is 0.850. The van der Waals surface area contributed by atoms with Crippen molar-refractivity contribution in [2.75, 3.05) is 0 Å². The van der Waals surface area contributed by atoms with E-state index in [1.165, 1.54) is 0 Å². The van der Waals surface area contributed by atoms with Crippen molar-refractivity contribution in [3.63, 3.8) is 0 Å². The third-order valence-corrected chi connectivity index (χ3v) is 1.86. The quantitative estimate of drug-likeness (QED) is 0.802. The molecule has 0 saturated heterocycles. The van der Waals surface area contributed by atoms with Crippen LogP contribution >= 0.6 is 0 Å². The predicted octanol–water partition coefficient (Wildman–Crippen LogP) is 2.05. The van der Waals surface area contributed by atoms with Crippen LogP contribution in [0.4, 0.5) is 8.78 Å². The van der Waals surface area contributed by atoms with Gasteiger partial charge < -0.3 is 10.3 Å². The molecule has 14 heavy (non-hydrogen) atoms. The van der Waals surface area contributed by atoms with Gasteiger partial charge in [-0.15, -0.1) is 0 Å². The van der Waals surface area contributed by atoms with Crippen molar-refractivity contribution in [2.45, 2.75) is 33.2 Å². The van der Waals surface area contributed by atoms with Crippen LogP contribution in [-0.2, 0) is 0 Å². The van der Waals surface area contributed by atoms with E-state index in [1.807, 2.05) is 20.8 Å². The zero-order chi connectivity index (χ0) is 10.9. The summed E-state index contributed by atoms with van der Waals surface area (Å²) in [6.45, 7) is 5.61. The van der Waals surface area contributed by atoms with Crippen LogP contribution in [0.1, 0.15) is 45.0 Å². The Bertz CT molecular complexity index is 306. The summed E-state index contributed by atoms with van der Waals surface area (Å²) in [5.74, 6) is -0.562. The number of alkyl halides is 2. The maximum atomic E-state index is 12.1. The lowest BCUT2D eigenvalue weighted by Gasteiger charge is -2.23. The monoisotopic (exact) mass is 205 g/mol. The van der Waals surface area contributed by atoms with E-state index in [0.29, 0.717) is 0 Å². The Morgan fingerprint density at radius 1 is 1.36 bits per heavy atom. The van der Waals surface area contributed by atoms with Crippen molar-refractivity contribution in [3.05, 3.63) is 11.7 Å². The van der Waals surface area contributed by atoms with E-state index in [-0.39, 0.29) is 11.2 Å². The van der Waals surface area contributed by atoms with Crippen LogP contribution in [0.2, 0.25) is 0 Å². The van der Waals surface area contributed by atoms with E-state index < -0.39 is 18.4 Å². The molecule has 2 N–H and O–H groups in total. The SMILES string of the molecule is CC(C)(C)C(N)c1noc(C(F)F)n1. The first-order chi connectivity index (χ1) is 6.32. The summed E-state index contributed by atoms with van der Waals surface area (Å²) < 4.78 is 28.6. The third kappa shape index (κ3) is 2.25. The average molecular weight is 205 g/mol. The lowest BCUT2D eigenvalue weighted by Crippen LogP contribution is -2.27. The van der Waals surface area contributed by atoms with Crippen molar-refractivity contribution in [1.29, 1.82) is 0 Å². The fraction of sp³-hybridized carbons (Fsp3) is 0.750. The highest BCUT2D eigenvalue weighted by molar-refractivity contribution is 4.98. The van der Waals surface area contributed by atoms with Crippen molar-refractivity contribution < 1.29 is 13.3 Å². The molecule has 1 atom stereocenters. The Balaban J connectivity index is 2.87. The first kappa shape index (κ1) is 11.0. The van der Waals surface area contributed by atoms with Crippen LogP contribution in [0.15, 0.2) is 4.52 Å². The standard InChI is InChI=1S/C8H13F2N3O/c1-8(2,3)4(11)6-12-7(5(9)10)14-13-6/h4-5H,11H2,1-3H3. The minimum absolute atomic E-state index is 0.118. The summed E-state index contributed by atoms with van der Waals surface area (Å²) in [7, 11) is 0. The fourth-order valence-corrected chi connectivity index (χ4v) is 0.850. The van der Waals surface area contributed by atoms with Gasteiger partial charge in [-0.05, 0) is 5.41 Å². The molecule has 0 bridgehead atoms. The summed E-state index contributed by atoms with van der Waals surface area (Å²) in [5.41, 5.74) is 5.47. The predicted molar refractivity (Wildman–Crippen MR) is 45.6 cm³/mol. The Kier molecular flexibility index (Phi) is 2.84. The van der Waals surface area contributed by atoms with E-state index in [2.05, 4.69) is 14.7 Å². The molecule has 1 rings (SSSR count). The molecular weight excluding hydrogens is 192 g/mol. The number of rotatable bonds is 2. The van der Waals surface area contributed by atoms with E-state index in [4.69, 9.17) is 5.73 Å². The van der Waals surface area contributed by atoms with Crippen molar-refractivity contribution in [2.24, 2.45) is 11.1 Å². The van der Waals surface area contributed by atoms with Gasteiger partial charge in [0, 0.05) is 0 Å². The third-order valence-electron chi connectivity index (χ3n) is 1.86. The number of hydrogen-bond acceptors (Lipinski definition) is 4. The molecule has 0 aliphatic carbocycles. The Morgan fingerprint density at radius 2 is 1.93 bits per heavy atom. The number of nitrogens with two attached hydrogens (primary N) is 1. The molecule has 80 valence electrons. The largest absolute Gasteiger partial charge is 0.333 e. The molecule has 1 heterocycles. The highest BCUT2D eigenvalue weighted by Gasteiger charge is 2.28. The molecule has 0 fully saturated rings. The smallest absolute Gasteiger partial charge is 0.315 e. The first-order valence-corrected chi connectivity index (χ1v) is 4.19. The lowest BCUT2D eigenvalue weighted by molar-refractivity contribution is 0.106. The topological polar surface area (TPSA) is 64.9 Å². The van der Waals surface area contributed by atoms with Gasteiger partial charge >= 0.3 is 6.43 Å². The molecule has 4 nitrogen and oxygen atoms in total. The van der Waals surface area contributed by atoms with E-state index in [1.54, 1.807) is 0 Å². The van der Waals surface area contributed by atoms with E-state index in [9.17, 15) is 8.78 Å². The first-order valence-electron chi connectivity index (χ1n) is 4.19. The Morgan fingerprint density at radius 3 is 2.29 bits per heavy atom. The highest BCUT2D eigenvalue weighted by Crippen LogP contribution is 2.29. The zero-order valence-electron chi connectivity index (χ0n) is 8.29. The molecule has 6 heteroatoms. The summed E-state index contributed by atoms with van der Waals surface area (Å²) in [6, 6.07) is -0.515. The second-order valence-corrected chi connectivity index (χ2v) is 4.14. The minimum atomic E-state index is -2.75. The van der Waals surface area contributed by atoms with Gasteiger partial charge in [0.2, 0.25) is 0 Å². The number of hydrogen-bond donors (Lipinski definition) is 1. The van der Waals surface area contributed by atoms with Gasteiger partial charge in [0.05, 0.1) is 6.04 Å². The second-order valence-electron chi connectivity index (χ2n) is 4.14. The van der Waals surface area contributed by atoms with Gasteiger partial charge in [-0.3, -0.25) is 0 Å². The van der Waals surface area contributed by atoms with E-state index >= 15 is 0 Å². The van der Waals surface area contributed by atoms with E-state index in [0.717, 1.165) is 0 Å². The van der Waals surface area contributed by atoms with Crippen LogP contribution in [-0.4, -0.2) is 10.1 Å².